The third-order valence-corrected chi connectivity index (χ3v) is 4.02. The third kappa shape index (κ3) is 2.02. The van der Waals surface area contributed by atoms with Crippen molar-refractivity contribution in [1.29, 1.82) is 0 Å². The number of fused-ring (bicyclic) bond motifs is 2. The summed E-state index contributed by atoms with van der Waals surface area (Å²) in [5.74, 6) is 0. The van der Waals surface area contributed by atoms with Crippen molar-refractivity contribution in [3.05, 3.63) is 78.9 Å². The molecule has 0 saturated carbocycles. The van der Waals surface area contributed by atoms with Crippen LogP contribution in [0.25, 0.3) is 32.7 Å². The molecule has 0 atom stereocenters. The molecular formula is C20H13B. The van der Waals surface area contributed by atoms with Gasteiger partial charge >= 0.3 is 0 Å². The molecule has 4 rings (SSSR count). The lowest BCUT2D eigenvalue weighted by Crippen LogP contribution is -2.03. The summed E-state index contributed by atoms with van der Waals surface area (Å²) in [6.45, 7) is 0. The molecule has 4 aromatic rings. The molecule has 0 N–H and O–H groups in total. The zero-order chi connectivity index (χ0) is 14.2. The average Bonchev–Trinajstić information content (AvgIpc) is 2.55. The smallest absolute Gasteiger partial charge is 0.0889 e. The van der Waals surface area contributed by atoms with Gasteiger partial charge in [-0.1, -0.05) is 78.3 Å². The first-order chi connectivity index (χ1) is 10.3. The van der Waals surface area contributed by atoms with Gasteiger partial charge in [-0.2, -0.15) is 0 Å². The van der Waals surface area contributed by atoms with Crippen molar-refractivity contribution in [2.75, 3.05) is 0 Å². The summed E-state index contributed by atoms with van der Waals surface area (Å²) in [7, 11) is 6.09. The van der Waals surface area contributed by atoms with Gasteiger partial charge in [0.2, 0.25) is 0 Å². The molecule has 0 nitrogen and oxygen atoms in total. The average molecular weight is 264 g/mol. The summed E-state index contributed by atoms with van der Waals surface area (Å²) in [5.41, 5.74) is 3.28. The molecule has 2 radical (unpaired) electrons. The van der Waals surface area contributed by atoms with Crippen LogP contribution in [0.15, 0.2) is 78.9 Å². The zero-order valence-electron chi connectivity index (χ0n) is 11.6. The molecule has 1 heteroatoms. The van der Waals surface area contributed by atoms with E-state index in [-0.39, 0.29) is 0 Å². The first-order valence-electron chi connectivity index (χ1n) is 7.09. The van der Waals surface area contributed by atoms with E-state index in [1.165, 1.54) is 27.3 Å². The molecule has 0 heterocycles. The van der Waals surface area contributed by atoms with Crippen LogP contribution in [-0.2, 0) is 0 Å². The van der Waals surface area contributed by atoms with E-state index in [0.29, 0.717) is 0 Å². The van der Waals surface area contributed by atoms with Crippen LogP contribution in [0.4, 0.5) is 0 Å². The highest BCUT2D eigenvalue weighted by molar-refractivity contribution is 6.39. The molecule has 0 unspecified atom stereocenters. The molecule has 96 valence electrons. The number of benzene rings is 4. The third-order valence-electron chi connectivity index (χ3n) is 4.02. The Hall–Kier alpha value is -2.54. The normalized spacial score (nSPS) is 11.0. The lowest BCUT2D eigenvalue weighted by molar-refractivity contribution is 1.69. The highest BCUT2D eigenvalue weighted by Crippen LogP contribution is 2.29. The van der Waals surface area contributed by atoms with Crippen LogP contribution in [0.1, 0.15) is 0 Å². The zero-order valence-corrected chi connectivity index (χ0v) is 11.6. The van der Waals surface area contributed by atoms with Crippen LogP contribution in [0.2, 0.25) is 0 Å². The van der Waals surface area contributed by atoms with E-state index in [1.807, 2.05) is 12.1 Å². The van der Waals surface area contributed by atoms with Crippen LogP contribution >= 0.6 is 0 Å². The predicted octanol–water partition coefficient (Wildman–Crippen LogP) is 4.45. The largest absolute Gasteiger partial charge is 0.114 e. The van der Waals surface area contributed by atoms with E-state index in [1.54, 1.807) is 0 Å². The Balaban J connectivity index is 2.02. The predicted molar refractivity (Wildman–Crippen MR) is 92.3 cm³/mol. The molecule has 0 amide bonds. The van der Waals surface area contributed by atoms with E-state index >= 15 is 0 Å². The van der Waals surface area contributed by atoms with E-state index in [9.17, 15) is 0 Å². The van der Waals surface area contributed by atoms with E-state index in [0.717, 1.165) is 10.8 Å². The van der Waals surface area contributed by atoms with Crippen molar-refractivity contribution in [2.45, 2.75) is 0 Å². The van der Waals surface area contributed by atoms with Gasteiger partial charge in [-0.3, -0.25) is 0 Å². The fourth-order valence-corrected chi connectivity index (χ4v) is 2.93. The van der Waals surface area contributed by atoms with Crippen LogP contribution < -0.4 is 5.46 Å². The number of rotatable bonds is 1. The second-order valence-corrected chi connectivity index (χ2v) is 5.31. The molecule has 0 aliphatic carbocycles. The summed E-state index contributed by atoms with van der Waals surface area (Å²) in [6, 6.07) is 27.4. The van der Waals surface area contributed by atoms with Gasteiger partial charge in [-0.05, 0) is 38.7 Å². The number of hydrogen-bond donors (Lipinski definition) is 0. The molecule has 0 aromatic heterocycles. The van der Waals surface area contributed by atoms with Gasteiger partial charge in [0.1, 0.15) is 7.85 Å². The van der Waals surface area contributed by atoms with Crippen LogP contribution in [0, 0.1) is 0 Å². The summed E-state index contributed by atoms with van der Waals surface area (Å²) in [6.07, 6.45) is 0. The highest BCUT2D eigenvalue weighted by Gasteiger charge is 2.05. The first kappa shape index (κ1) is 12.2. The summed E-state index contributed by atoms with van der Waals surface area (Å²) in [5, 5.41) is 4.84. The molecular weight excluding hydrogens is 251 g/mol. The van der Waals surface area contributed by atoms with Crippen molar-refractivity contribution in [2.24, 2.45) is 0 Å². The lowest BCUT2D eigenvalue weighted by Gasteiger charge is -2.10. The Labute approximate surface area is 125 Å². The molecule has 21 heavy (non-hydrogen) atoms. The maximum Gasteiger partial charge on any atom is 0.114 e. The molecule has 0 spiro atoms. The van der Waals surface area contributed by atoms with Crippen molar-refractivity contribution in [3.63, 3.8) is 0 Å². The minimum atomic E-state index is 0.829. The fraction of sp³-hybridized carbons (Fsp3) is 0. The second kappa shape index (κ2) is 4.78. The van der Waals surface area contributed by atoms with Crippen LogP contribution in [0.3, 0.4) is 0 Å². The van der Waals surface area contributed by atoms with E-state index in [2.05, 4.69) is 66.7 Å². The van der Waals surface area contributed by atoms with Gasteiger partial charge in [0.15, 0.2) is 0 Å². The first-order valence-corrected chi connectivity index (χ1v) is 7.09. The Morgan fingerprint density at radius 3 is 2.14 bits per heavy atom. The quantitative estimate of drug-likeness (QED) is 0.445. The molecule has 0 bridgehead atoms. The SMILES string of the molecule is [B]c1ccc(-c2ccc3ccccc3c2)c2ccccc12. The van der Waals surface area contributed by atoms with Crippen molar-refractivity contribution >= 4 is 34.9 Å². The number of hydrogen-bond acceptors (Lipinski definition) is 0. The maximum absolute atomic E-state index is 6.09. The van der Waals surface area contributed by atoms with Gasteiger partial charge in [0.05, 0.1) is 0 Å². The van der Waals surface area contributed by atoms with Gasteiger partial charge in [-0.25, -0.2) is 0 Å². The topological polar surface area (TPSA) is 0 Å². The molecule has 0 aliphatic rings. The van der Waals surface area contributed by atoms with Gasteiger partial charge in [0.25, 0.3) is 0 Å². The van der Waals surface area contributed by atoms with Gasteiger partial charge in [0, 0.05) is 0 Å². The molecule has 4 aromatic carbocycles. The Kier molecular flexibility index (Phi) is 2.78. The highest BCUT2D eigenvalue weighted by atomic mass is 14.1. The van der Waals surface area contributed by atoms with Crippen molar-refractivity contribution in [1.82, 2.24) is 0 Å². The van der Waals surface area contributed by atoms with Crippen LogP contribution in [0.5, 0.6) is 0 Å². The Morgan fingerprint density at radius 2 is 1.29 bits per heavy atom. The minimum Gasteiger partial charge on any atom is -0.0889 e. The lowest BCUT2D eigenvalue weighted by atomic mass is 9.86. The van der Waals surface area contributed by atoms with Crippen molar-refractivity contribution < 1.29 is 0 Å². The second-order valence-electron chi connectivity index (χ2n) is 5.31. The van der Waals surface area contributed by atoms with E-state index < -0.39 is 0 Å². The summed E-state index contributed by atoms with van der Waals surface area (Å²) < 4.78 is 0. The van der Waals surface area contributed by atoms with Crippen LogP contribution in [-0.4, -0.2) is 7.85 Å². The Bertz CT molecular complexity index is 954. The standard InChI is InChI=1S/C20H13B/c21-20-12-11-17(18-7-3-4-8-19(18)20)16-10-9-14-5-1-2-6-15(14)13-16/h1-13H. The molecule has 0 fully saturated rings. The van der Waals surface area contributed by atoms with Gasteiger partial charge < -0.3 is 0 Å². The van der Waals surface area contributed by atoms with Crippen molar-refractivity contribution in [3.8, 4) is 11.1 Å². The summed E-state index contributed by atoms with van der Waals surface area (Å²) in [4.78, 5) is 0. The maximum atomic E-state index is 6.09. The molecule has 0 aliphatic heterocycles. The monoisotopic (exact) mass is 264 g/mol. The van der Waals surface area contributed by atoms with Gasteiger partial charge in [-0.15, -0.1) is 0 Å². The Morgan fingerprint density at radius 1 is 0.571 bits per heavy atom. The minimum absolute atomic E-state index is 0.829. The summed E-state index contributed by atoms with van der Waals surface area (Å²) >= 11 is 0. The van der Waals surface area contributed by atoms with E-state index in [4.69, 9.17) is 7.85 Å². The molecule has 0 saturated heterocycles. The fourth-order valence-electron chi connectivity index (χ4n) is 2.93.